The summed E-state index contributed by atoms with van der Waals surface area (Å²) in [5.41, 5.74) is -0.657. The van der Waals surface area contributed by atoms with E-state index in [9.17, 15) is 22.8 Å². The Morgan fingerprint density at radius 1 is 1.24 bits per heavy atom. The Morgan fingerprint density at radius 3 is 2.24 bits per heavy atom. The molecule has 0 atom stereocenters. The van der Waals surface area contributed by atoms with Crippen LogP contribution >= 0.6 is 0 Å². The third-order valence-electron chi connectivity index (χ3n) is 2.57. The highest BCUT2D eigenvalue weighted by molar-refractivity contribution is 5.91. The number of hydrogen-bond donors (Lipinski definition) is 2. The molecule has 0 aliphatic carbocycles. The van der Waals surface area contributed by atoms with Crippen LogP contribution in [0.4, 0.5) is 23.7 Å². The normalized spacial score (nSPS) is 11.0. The lowest BCUT2D eigenvalue weighted by atomic mass is 10.2. The predicted molar refractivity (Wildman–Crippen MR) is 70.0 cm³/mol. The van der Waals surface area contributed by atoms with E-state index in [1.165, 1.54) is 0 Å². The minimum atomic E-state index is -4.44. The Bertz CT molecular complexity index is 500. The Kier molecular flexibility index (Phi) is 5.57. The summed E-state index contributed by atoms with van der Waals surface area (Å²) in [4.78, 5) is 23.6. The number of amides is 2. The first-order valence-corrected chi connectivity index (χ1v) is 6.19. The van der Waals surface area contributed by atoms with Crippen LogP contribution < -0.4 is 5.32 Å². The maximum atomic E-state index is 12.4. The van der Waals surface area contributed by atoms with E-state index < -0.39 is 30.3 Å². The molecule has 0 bridgehead atoms. The van der Waals surface area contributed by atoms with Crippen molar-refractivity contribution in [1.82, 2.24) is 4.90 Å². The van der Waals surface area contributed by atoms with Crippen molar-refractivity contribution in [2.75, 3.05) is 18.4 Å². The van der Waals surface area contributed by atoms with Crippen molar-refractivity contribution >= 4 is 17.7 Å². The first-order valence-electron chi connectivity index (χ1n) is 6.19. The lowest BCUT2D eigenvalue weighted by Gasteiger charge is -2.20. The molecule has 0 heterocycles. The van der Waals surface area contributed by atoms with Crippen LogP contribution in [0.3, 0.4) is 0 Å². The van der Waals surface area contributed by atoms with Crippen molar-refractivity contribution in [3.63, 3.8) is 0 Å². The number of alkyl halides is 3. The molecule has 0 saturated carbocycles. The van der Waals surface area contributed by atoms with E-state index in [-0.39, 0.29) is 12.2 Å². The van der Waals surface area contributed by atoms with E-state index in [1.807, 2.05) is 0 Å². The molecule has 8 heteroatoms. The number of rotatable bonds is 5. The highest BCUT2D eigenvalue weighted by atomic mass is 19.4. The average Bonchev–Trinajstić information content (AvgIpc) is 2.37. The highest BCUT2D eigenvalue weighted by Crippen LogP contribution is 2.29. The minimum Gasteiger partial charge on any atom is -0.480 e. The highest BCUT2D eigenvalue weighted by Gasteiger charge is 2.30. The number of halogens is 3. The van der Waals surface area contributed by atoms with Gasteiger partial charge in [-0.15, -0.1) is 0 Å². The summed E-state index contributed by atoms with van der Waals surface area (Å²) in [7, 11) is 0. The summed E-state index contributed by atoms with van der Waals surface area (Å²) >= 11 is 0. The van der Waals surface area contributed by atoms with Gasteiger partial charge in [0.25, 0.3) is 0 Å². The summed E-state index contributed by atoms with van der Waals surface area (Å²) in [5.74, 6) is -1.16. The lowest BCUT2D eigenvalue weighted by molar-refractivity contribution is -0.138. The van der Waals surface area contributed by atoms with Gasteiger partial charge in [-0.1, -0.05) is 6.92 Å². The van der Waals surface area contributed by atoms with Gasteiger partial charge in [-0.05, 0) is 30.7 Å². The van der Waals surface area contributed by atoms with E-state index in [1.54, 1.807) is 6.92 Å². The number of nitrogens with one attached hydrogen (secondary N) is 1. The molecule has 2 amide bonds. The summed E-state index contributed by atoms with van der Waals surface area (Å²) < 4.78 is 37.2. The van der Waals surface area contributed by atoms with Crippen molar-refractivity contribution < 1.29 is 27.9 Å². The molecule has 0 aliphatic heterocycles. The van der Waals surface area contributed by atoms with Crippen molar-refractivity contribution in [1.29, 1.82) is 0 Å². The summed E-state index contributed by atoms with van der Waals surface area (Å²) in [6.07, 6.45) is -3.88. The van der Waals surface area contributed by atoms with Crippen LogP contribution in [0.2, 0.25) is 0 Å². The zero-order valence-corrected chi connectivity index (χ0v) is 11.3. The minimum absolute atomic E-state index is 0.166. The molecule has 1 rings (SSSR count). The predicted octanol–water partition coefficient (Wildman–Crippen LogP) is 3.03. The molecule has 0 saturated heterocycles. The third kappa shape index (κ3) is 5.33. The maximum Gasteiger partial charge on any atom is 0.416 e. The molecule has 0 spiro atoms. The van der Waals surface area contributed by atoms with Crippen LogP contribution in [0.5, 0.6) is 0 Å². The van der Waals surface area contributed by atoms with Crippen LogP contribution in [-0.2, 0) is 11.0 Å². The van der Waals surface area contributed by atoms with Gasteiger partial charge in [0.1, 0.15) is 6.54 Å². The quantitative estimate of drug-likeness (QED) is 0.878. The van der Waals surface area contributed by atoms with Crippen LogP contribution in [0.25, 0.3) is 0 Å². The molecule has 5 nitrogen and oxygen atoms in total. The van der Waals surface area contributed by atoms with Crippen LogP contribution in [-0.4, -0.2) is 35.1 Å². The number of urea groups is 1. The number of carbonyl (C=O) groups excluding carboxylic acids is 1. The van der Waals surface area contributed by atoms with Crippen molar-refractivity contribution in [3.05, 3.63) is 29.8 Å². The zero-order chi connectivity index (χ0) is 16.0. The zero-order valence-electron chi connectivity index (χ0n) is 11.3. The van der Waals surface area contributed by atoms with Gasteiger partial charge in [-0.2, -0.15) is 13.2 Å². The topological polar surface area (TPSA) is 69.6 Å². The number of hydrogen-bond acceptors (Lipinski definition) is 2. The van der Waals surface area contributed by atoms with E-state index in [2.05, 4.69) is 5.32 Å². The monoisotopic (exact) mass is 304 g/mol. The fourth-order valence-corrected chi connectivity index (χ4v) is 1.63. The number of carbonyl (C=O) groups is 2. The smallest absolute Gasteiger partial charge is 0.416 e. The fraction of sp³-hybridized carbons (Fsp3) is 0.385. The number of carboxylic acids is 1. The molecule has 21 heavy (non-hydrogen) atoms. The standard InChI is InChI=1S/C13H15F3N2O3/c1-2-7-18(8-11(19)20)12(21)17-10-5-3-9(4-6-10)13(14,15)16/h3-6H,2,7-8H2,1H3,(H,17,21)(H,19,20). The Labute approximate surface area is 119 Å². The lowest BCUT2D eigenvalue weighted by Crippen LogP contribution is -2.39. The molecule has 0 aromatic heterocycles. The number of anilines is 1. The molecule has 0 fully saturated rings. The second kappa shape index (κ2) is 6.96. The number of benzene rings is 1. The summed E-state index contributed by atoms with van der Waals surface area (Å²) in [6, 6.07) is 3.25. The molecular formula is C13H15F3N2O3. The van der Waals surface area contributed by atoms with E-state index in [4.69, 9.17) is 5.11 Å². The van der Waals surface area contributed by atoms with Crippen LogP contribution in [0.15, 0.2) is 24.3 Å². The van der Waals surface area contributed by atoms with Gasteiger partial charge in [-0.25, -0.2) is 4.79 Å². The Morgan fingerprint density at radius 2 is 1.81 bits per heavy atom. The van der Waals surface area contributed by atoms with Gasteiger partial charge < -0.3 is 15.3 Å². The largest absolute Gasteiger partial charge is 0.480 e. The van der Waals surface area contributed by atoms with Gasteiger partial charge in [-0.3, -0.25) is 4.79 Å². The SMILES string of the molecule is CCCN(CC(=O)O)C(=O)Nc1ccc(C(F)(F)F)cc1. The van der Waals surface area contributed by atoms with E-state index >= 15 is 0 Å². The van der Waals surface area contributed by atoms with Gasteiger partial charge >= 0.3 is 18.2 Å². The molecule has 0 aliphatic rings. The Hall–Kier alpha value is -2.25. The van der Waals surface area contributed by atoms with E-state index in [0.717, 1.165) is 29.2 Å². The van der Waals surface area contributed by atoms with Crippen LogP contribution in [0.1, 0.15) is 18.9 Å². The first-order chi connectivity index (χ1) is 9.74. The van der Waals surface area contributed by atoms with Gasteiger partial charge in [0.05, 0.1) is 5.56 Å². The van der Waals surface area contributed by atoms with Crippen molar-refractivity contribution in [2.45, 2.75) is 19.5 Å². The van der Waals surface area contributed by atoms with Crippen molar-refractivity contribution in [3.8, 4) is 0 Å². The van der Waals surface area contributed by atoms with Gasteiger partial charge in [0, 0.05) is 12.2 Å². The first kappa shape index (κ1) is 16.8. The van der Waals surface area contributed by atoms with Gasteiger partial charge in [0.15, 0.2) is 0 Å². The fourth-order valence-electron chi connectivity index (χ4n) is 1.63. The maximum absolute atomic E-state index is 12.4. The Balaban J connectivity index is 2.74. The van der Waals surface area contributed by atoms with Crippen molar-refractivity contribution in [2.24, 2.45) is 0 Å². The molecule has 0 radical (unpaired) electrons. The molecule has 0 unspecified atom stereocenters. The average molecular weight is 304 g/mol. The second-order valence-corrected chi connectivity index (χ2v) is 4.32. The number of aliphatic carboxylic acids is 1. The molecule has 116 valence electrons. The number of nitrogens with zero attached hydrogens (tertiary/aromatic N) is 1. The summed E-state index contributed by atoms with van der Waals surface area (Å²) in [6.45, 7) is 1.54. The second-order valence-electron chi connectivity index (χ2n) is 4.32. The molecule has 2 N–H and O–H groups in total. The van der Waals surface area contributed by atoms with Crippen LogP contribution in [0, 0.1) is 0 Å². The number of carboxylic acid groups (broad SMARTS) is 1. The third-order valence-corrected chi connectivity index (χ3v) is 2.57. The summed E-state index contributed by atoms with van der Waals surface area (Å²) in [5, 5.41) is 11.1. The molecule has 1 aromatic rings. The molecular weight excluding hydrogens is 289 g/mol. The molecule has 1 aromatic carbocycles. The van der Waals surface area contributed by atoms with Gasteiger partial charge in [0.2, 0.25) is 0 Å². The van der Waals surface area contributed by atoms with E-state index in [0.29, 0.717) is 6.42 Å².